The number of pyridine rings is 1. The molecule has 0 spiro atoms. The summed E-state index contributed by atoms with van der Waals surface area (Å²) in [5.41, 5.74) is 0.879. The van der Waals surface area contributed by atoms with Gasteiger partial charge in [0, 0.05) is 37.3 Å². The number of anilines is 1. The lowest BCUT2D eigenvalue weighted by Crippen LogP contribution is -2.34. The second kappa shape index (κ2) is 6.54. The predicted molar refractivity (Wildman–Crippen MR) is 90.2 cm³/mol. The number of hydrogen-bond acceptors (Lipinski definition) is 6. The van der Waals surface area contributed by atoms with E-state index in [1.165, 1.54) is 0 Å². The Balaban J connectivity index is 1.76. The van der Waals surface area contributed by atoms with Gasteiger partial charge in [-0.1, -0.05) is 0 Å². The van der Waals surface area contributed by atoms with Gasteiger partial charge < -0.3 is 9.47 Å². The van der Waals surface area contributed by atoms with E-state index in [0.717, 1.165) is 37.3 Å². The van der Waals surface area contributed by atoms with Crippen molar-refractivity contribution < 1.29 is 4.92 Å². The molecule has 0 saturated carbocycles. The SMILES string of the molecule is Cc1cnc(N2CCC(c3nncn3C(C)C)CC2)c([N+](=O)[O-])c1. The molecule has 8 heteroatoms. The first-order chi connectivity index (χ1) is 11.5. The summed E-state index contributed by atoms with van der Waals surface area (Å²) in [7, 11) is 0. The van der Waals surface area contributed by atoms with Crippen LogP contribution in [0, 0.1) is 17.0 Å². The van der Waals surface area contributed by atoms with E-state index in [1.54, 1.807) is 18.6 Å². The summed E-state index contributed by atoms with van der Waals surface area (Å²) in [5, 5.41) is 19.6. The number of aromatic nitrogens is 4. The molecule has 2 aromatic rings. The fraction of sp³-hybridized carbons (Fsp3) is 0.562. The molecule has 0 atom stereocenters. The summed E-state index contributed by atoms with van der Waals surface area (Å²) in [6, 6.07) is 1.91. The van der Waals surface area contributed by atoms with Crippen molar-refractivity contribution in [3.05, 3.63) is 40.1 Å². The zero-order valence-electron chi connectivity index (χ0n) is 14.2. The zero-order chi connectivity index (χ0) is 17.3. The Morgan fingerprint density at radius 2 is 2.04 bits per heavy atom. The fourth-order valence-electron chi connectivity index (χ4n) is 3.22. The third kappa shape index (κ3) is 3.08. The molecule has 0 aliphatic carbocycles. The minimum atomic E-state index is -0.350. The molecule has 3 rings (SSSR count). The van der Waals surface area contributed by atoms with Gasteiger partial charge in [0.15, 0.2) is 0 Å². The van der Waals surface area contributed by atoms with Crippen LogP contribution in [0.4, 0.5) is 11.5 Å². The maximum atomic E-state index is 11.3. The van der Waals surface area contributed by atoms with E-state index < -0.39 is 0 Å². The van der Waals surface area contributed by atoms with Crippen molar-refractivity contribution in [2.75, 3.05) is 18.0 Å². The predicted octanol–water partition coefficient (Wildman–Crippen LogP) is 2.85. The van der Waals surface area contributed by atoms with E-state index in [1.807, 2.05) is 11.8 Å². The lowest BCUT2D eigenvalue weighted by Gasteiger charge is -2.32. The number of piperidine rings is 1. The highest BCUT2D eigenvalue weighted by Gasteiger charge is 2.29. The molecule has 0 bridgehead atoms. The summed E-state index contributed by atoms with van der Waals surface area (Å²) in [6.45, 7) is 7.50. The minimum absolute atomic E-state index is 0.0822. The zero-order valence-corrected chi connectivity index (χ0v) is 14.2. The summed E-state index contributed by atoms with van der Waals surface area (Å²) < 4.78 is 2.10. The van der Waals surface area contributed by atoms with Gasteiger partial charge in [0.2, 0.25) is 5.82 Å². The van der Waals surface area contributed by atoms with Gasteiger partial charge >= 0.3 is 5.69 Å². The quantitative estimate of drug-likeness (QED) is 0.632. The Bertz CT molecular complexity index is 734. The van der Waals surface area contributed by atoms with Crippen LogP contribution in [0.1, 0.15) is 50.0 Å². The molecule has 8 nitrogen and oxygen atoms in total. The second-order valence-electron chi connectivity index (χ2n) is 6.56. The number of nitro groups is 1. The molecule has 3 heterocycles. The normalized spacial score (nSPS) is 15.9. The van der Waals surface area contributed by atoms with Crippen LogP contribution in [0.15, 0.2) is 18.6 Å². The molecule has 0 radical (unpaired) electrons. The van der Waals surface area contributed by atoms with Gasteiger partial charge in [-0.3, -0.25) is 10.1 Å². The van der Waals surface area contributed by atoms with E-state index in [-0.39, 0.29) is 10.6 Å². The van der Waals surface area contributed by atoms with E-state index in [9.17, 15) is 10.1 Å². The summed E-state index contributed by atoms with van der Waals surface area (Å²) in [4.78, 5) is 17.3. The fourth-order valence-corrected chi connectivity index (χ4v) is 3.22. The first-order valence-electron chi connectivity index (χ1n) is 8.22. The lowest BCUT2D eigenvalue weighted by molar-refractivity contribution is -0.384. The molecular weight excluding hydrogens is 308 g/mol. The average Bonchev–Trinajstić information content (AvgIpc) is 3.05. The molecule has 0 N–H and O–H groups in total. The Labute approximate surface area is 140 Å². The molecule has 1 aliphatic rings. The van der Waals surface area contributed by atoms with Gasteiger partial charge in [-0.05, 0) is 39.2 Å². The van der Waals surface area contributed by atoms with Gasteiger partial charge in [-0.15, -0.1) is 10.2 Å². The van der Waals surface area contributed by atoms with E-state index >= 15 is 0 Å². The van der Waals surface area contributed by atoms with Crippen LogP contribution in [0.3, 0.4) is 0 Å². The van der Waals surface area contributed by atoms with Gasteiger partial charge in [0.1, 0.15) is 12.2 Å². The lowest BCUT2D eigenvalue weighted by atomic mass is 9.95. The van der Waals surface area contributed by atoms with Gasteiger partial charge in [-0.2, -0.15) is 0 Å². The number of hydrogen-bond donors (Lipinski definition) is 0. The van der Waals surface area contributed by atoms with Crippen molar-refractivity contribution in [3.8, 4) is 0 Å². The molecule has 0 unspecified atom stereocenters. The van der Waals surface area contributed by atoms with Crippen LogP contribution in [0.2, 0.25) is 0 Å². The smallest absolute Gasteiger partial charge is 0.311 e. The van der Waals surface area contributed by atoms with Gasteiger partial charge in [0.25, 0.3) is 0 Å². The molecule has 128 valence electrons. The Morgan fingerprint density at radius 1 is 1.33 bits per heavy atom. The Morgan fingerprint density at radius 3 is 2.67 bits per heavy atom. The highest BCUT2D eigenvalue weighted by molar-refractivity contribution is 5.58. The molecule has 2 aromatic heterocycles. The largest absolute Gasteiger partial charge is 0.351 e. The topological polar surface area (TPSA) is 90.0 Å². The van der Waals surface area contributed by atoms with Crippen LogP contribution >= 0.6 is 0 Å². The molecule has 0 aromatic carbocycles. The highest BCUT2D eigenvalue weighted by Crippen LogP contribution is 2.33. The van der Waals surface area contributed by atoms with Crippen LogP contribution in [-0.2, 0) is 0 Å². The summed E-state index contributed by atoms with van der Waals surface area (Å²) in [5.74, 6) is 1.81. The van der Waals surface area contributed by atoms with Crippen LogP contribution in [-0.4, -0.2) is 37.8 Å². The van der Waals surface area contributed by atoms with Crippen molar-refractivity contribution >= 4 is 11.5 Å². The first-order valence-corrected chi connectivity index (χ1v) is 8.22. The van der Waals surface area contributed by atoms with Crippen LogP contribution < -0.4 is 4.90 Å². The first kappa shape index (κ1) is 16.4. The average molecular weight is 330 g/mol. The summed E-state index contributed by atoms with van der Waals surface area (Å²) in [6.07, 6.45) is 5.23. The third-order valence-corrected chi connectivity index (χ3v) is 4.50. The van der Waals surface area contributed by atoms with Crippen molar-refractivity contribution in [3.63, 3.8) is 0 Å². The van der Waals surface area contributed by atoms with Crippen molar-refractivity contribution in [2.24, 2.45) is 0 Å². The maximum Gasteiger partial charge on any atom is 0.311 e. The molecular formula is C16H22N6O2. The molecule has 0 amide bonds. The van der Waals surface area contributed by atoms with E-state index in [4.69, 9.17) is 0 Å². The van der Waals surface area contributed by atoms with Crippen molar-refractivity contribution in [1.82, 2.24) is 19.7 Å². The number of nitrogens with zero attached hydrogens (tertiary/aromatic N) is 6. The number of aryl methyl sites for hydroxylation is 1. The third-order valence-electron chi connectivity index (χ3n) is 4.50. The highest BCUT2D eigenvalue weighted by atomic mass is 16.6. The molecule has 24 heavy (non-hydrogen) atoms. The van der Waals surface area contributed by atoms with E-state index in [0.29, 0.717) is 17.8 Å². The van der Waals surface area contributed by atoms with Gasteiger partial charge in [-0.25, -0.2) is 4.98 Å². The van der Waals surface area contributed by atoms with Gasteiger partial charge in [0.05, 0.1) is 4.92 Å². The van der Waals surface area contributed by atoms with Crippen LogP contribution in [0.25, 0.3) is 0 Å². The second-order valence-corrected chi connectivity index (χ2v) is 6.56. The number of rotatable bonds is 4. The Kier molecular flexibility index (Phi) is 4.46. The Hall–Kier alpha value is -2.51. The van der Waals surface area contributed by atoms with Crippen molar-refractivity contribution in [2.45, 2.75) is 45.6 Å². The maximum absolute atomic E-state index is 11.3. The minimum Gasteiger partial charge on any atom is -0.351 e. The standard InChI is InChI=1S/C16H22N6O2/c1-11(2)21-10-18-19-15(21)13-4-6-20(7-5-13)16-14(22(23)24)8-12(3)9-17-16/h8-11,13H,4-7H2,1-3H3. The van der Waals surface area contributed by atoms with Crippen molar-refractivity contribution in [1.29, 1.82) is 0 Å². The summed E-state index contributed by atoms with van der Waals surface area (Å²) >= 11 is 0. The molecule has 1 aliphatic heterocycles. The van der Waals surface area contributed by atoms with E-state index in [2.05, 4.69) is 33.6 Å². The molecule has 1 fully saturated rings. The monoisotopic (exact) mass is 330 g/mol. The molecule has 1 saturated heterocycles. The van der Waals surface area contributed by atoms with Crippen LogP contribution in [0.5, 0.6) is 0 Å².